The second-order valence-corrected chi connectivity index (χ2v) is 4.46. The zero-order chi connectivity index (χ0) is 10.8. The third-order valence-electron chi connectivity index (χ3n) is 1.42. The standard InChI is InChI=1S/C8H8N2O3S/c1-14(12,13)10-8-3-2-7(11)4-6(8)5-9/h2-4,10-11H,1H3. The first-order valence-electron chi connectivity index (χ1n) is 3.63. The molecule has 0 amide bonds. The maximum atomic E-state index is 10.9. The second kappa shape index (κ2) is 3.55. The molecule has 0 bridgehead atoms. The molecule has 0 aliphatic carbocycles. The molecular formula is C8H8N2O3S. The third kappa shape index (κ3) is 2.64. The molecule has 0 saturated heterocycles. The Bertz CT molecular complexity index is 488. The molecule has 0 unspecified atom stereocenters. The first-order chi connectivity index (χ1) is 6.42. The summed E-state index contributed by atoms with van der Waals surface area (Å²) < 4.78 is 23.9. The second-order valence-electron chi connectivity index (χ2n) is 2.72. The Morgan fingerprint density at radius 1 is 1.50 bits per heavy atom. The summed E-state index contributed by atoms with van der Waals surface area (Å²) in [5.74, 6) is -0.0828. The molecule has 5 nitrogen and oxygen atoms in total. The Labute approximate surface area is 81.7 Å². The van der Waals surface area contributed by atoms with Crippen LogP contribution in [-0.2, 0) is 10.0 Å². The van der Waals surface area contributed by atoms with Crippen molar-refractivity contribution in [1.29, 1.82) is 5.26 Å². The fourth-order valence-corrected chi connectivity index (χ4v) is 1.49. The quantitative estimate of drug-likeness (QED) is 0.704. The van der Waals surface area contributed by atoms with Gasteiger partial charge in [-0.25, -0.2) is 8.42 Å². The number of aromatic hydroxyl groups is 1. The molecule has 74 valence electrons. The molecule has 6 heteroatoms. The average molecular weight is 212 g/mol. The lowest BCUT2D eigenvalue weighted by Gasteiger charge is -2.05. The summed E-state index contributed by atoms with van der Waals surface area (Å²) in [4.78, 5) is 0. The van der Waals surface area contributed by atoms with Crippen LogP contribution in [0.15, 0.2) is 18.2 Å². The summed E-state index contributed by atoms with van der Waals surface area (Å²) >= 11 is 0. The number of phenolic OH excluding ortho intramolecular Hbond substituents is 1. The molecule has 0 radical (unpaired) electrons. The largest absolute Gasteiger partial charge is 0.508 e. The van der Waals surface area contributed by atoms with Gasteiger partial charge in [-0.05, 0) is 18.2 Å². The van der Waals surface area contributed by atoms with Gasteiger partial charge in [0.15, 0.2) is 0 Å². The van der Waals surface area contributed by atoms with Crippen molar-refractivity contribution < 1.29 is 13.5 Å². The molecule has 1 rings (SSSR count). The monoisotopic (exact) mass is 212 g/mol. The van der Waals surface area contributed by atoms with Gasteiger partial charge in [-0.15, -0.1) is 0 Å². The highest BCUT2D eigenvalue weighted by atomic mass is 32.2. The van der Waals surface area contributed by atoms with Crippen LogP contribution in [0.5, 0.6) is 5.75 Å². The van der Waals surface area contributed by atoms with E-state index < -0.39 is 10.0 Å². The van der Waals surface area contributed by atoms with Gasteiger partial charge in [0, 0.05) is 0 Å². The maximum Gasteiger partial charge on any atom is 0.229 e. The number of rotatable bonds is 2. The first kappa shape index (κ1) is 10.3. The van der Waals surface area contributed by atoms with Crippen LogP contribution in [0.3, 0.4) is 0 Å². The maximum absolute atomic E-state index is 10.9. The summed E-state index contributed by atoms with van der Waals surface area (Å²) in [6.45, 7) is 0. The number of nitrogens with one attached hydrogen (secondary N) is 1. The highest BCUT2D eigenvalue weighted by molar-refractivity contribution is 7.92. The molecule has 0 spiro atoms. The highest BCUT2D eigenvalue weighted by Crippen LogP contribution is 2.20. The lowest BCUT2D eigenvalue weighted by molar-refractivity contribution is 0.475. The van der Waals surface area contributed by atoms with Gasteiger partial charge in [0.05, 0.1) is 17.5 Å². The van der Waals surface area contributed by atoms with Crippen LogP contribution < -0.4 is 4.72 Å². The van der Waals surface area contributed by atoms with Crippen LogP contribution in [0, 0.1) is 11.3 Å². The van der Waals surface area contributed by atoms with Crippen LogP contribution in [0.25, 0.3) is 0 Å². The molecule has 0 atom stereocenters. The lowest BCUT2D eigenvalue weighted by Crippen LogP contribution is -2.10. The van der Waals surface area contributed by atoms with Crippen molar-refractivity contribution in [3.8, 4) is 11.8 Å². The van der Waals surface area contributed by atoms with Crippen molar-refractivity contribution in [1.82, 2.24) is 0 Å². The molecule has 0 aromatic heterocycles. The van der Waals surface area contributed by atoms with Gasteiger partial charge >= 0.3 is 0 Å². The van der Waals surface area contributed by atoms with Crippen LogP contribution in [0.2, 0.25) is 0 Å². The number of phenols is 1. The van der Waals surface area contributed by atoms with Gasteiger partial charge in [-0.3, -0.25) is 4.72 Å². The van der Waals surface area contributed by atoms with Crippen LogP contribution >= 0.6 is 0 Å². The third-order valence-corrected chi connectivity index (χ3v) is 2.01. The van der Waals surface area contributed by atoms with Crippen LogP contribution in [0.4, 0.5) is 5.69 Å². The normalized spacial score (nSPS) is 10.6. The first-order valence-corrected chi connectivity index (χ1v) is 5.52. The lowest BCUT2D eigenvalue weighted by atomic mass is 10.2. The molecule has 1 aromatic carbocycles. The van der Waals surface area contributed by atoms with Gasteiger partial charge in [-0.2, -0.15) is 5.26 Å². The molecule has 0 aliphatic rings. The number of benzene rings is 1. The Balaban J connectivity index is 3.17. The number of hydrogen-bond donors (Lipinski definition) is 2. The molecule has 14 heavy (non-hydrogen) atoms. The minimum atomic E-state index is -3.41. The summed E-state index contributed by atoms with van der Waals surface area (Å²) in [7, 11) is -3.41. The van der Waals surface area contributed by atoms with E-state index in [1.807, 2.05) is 0 Å². The van der Waals surface area contributed by atoms with Crippen LogP contribution in [-0.4, -0.2) is 19.8 Å². The summed E-state index contributed by atoms with van der Waals surface area (Å²) in [5, 5.41) is 17.7. The van der Waals surface area contributed by atoms with Crippen molar-refractivity contribution in [3.63, 3.8) is 0 Å². The van der Waals surface area contributed by atoms with Crippen molar-refractivity contribution in [2.45, 2.75) is 0 Å². The number of nitriles is 1. The van der Waals surface area contributed by atoms with Crippen molar-refractivity contribution in [2.75, 3.05) is 11.0 Å². The average Bonchev–Trinajstić information content (AvgIpc) is 2.06. The Kier molecular flexibility index (Phi) is 2.63. The number of hydrogen-bond acceptors (Lipinski definition) is 4. The number of sulfonamides is 1. The zero-order valence-electron chi connectivity index (χ0n) is 7.35. The summed E-state index contributed by atoms with van der Waals surface area (Å²) in [5.41, 5.74) is 0.239. The SMILES string of the molecule is CS(=O)(=O)Nc1ccc(O)cc1C#N. The predicted molar refractivity (Wildman–Crippen MR) is 51.3 cm³/mol. The molecule has 0 heterocycles. The number of anilines is 1. The van der Waals surface area contributed by atoms with E-state index in [-0.39, 0.29) is 17.0 Å². The molecule has 0 aliphatic heterocycles. The Morgan fingerprint density at radius 3 is 2.64 bits per heavy atom. The summed E-state index contributed by atoms with van der Waals surface area (Å²) in [6, 6.07) is 5.59. The van der Waals surface area contributed by atoms with Crippen LogP contribution in [0.1, 0.15) is 5.56 Å². The predicted octanol–water partition coefficient (Wildman–Crippen LogP) is 0.635. The zero-order valence-corrected chi connectivity index (χ0v) is 8.17. The fraction of sp³-hybridized carbons (Fsp3) is 0.125. The van der Waals surface area contributed by atoms with E-state index in [9.17, 15) is 8.42 Å². The van der Waals surface area contributed by atoms with Gasteiger partial charge in [0.2, 0.25) is 10.0 Å². The molecular weight excluding hydrogens is 204 g/mol. The Morgan fingerprint density at radius 2 is 2.14 bits per heavy atom. The molecule has 0 fully saturated rings. The van der Waals surface area contributed by atoms with Crippen molar-refractivity contribution >= 4 is 15.7 Å². The van der Waals surface area contributed by atoms with Gasteiger partial charge in [0.1, 0.15) is 11.8 Å². The van der Waals surface area contributed by atoms with E-state index in [1.165, 1.54) is 18.2 Å². The van der Waals surface area contributed by atoms with Gasteiger partial charge in [-0.1, -0.05) is 0 Å². The van der Waals surface area contributed by atoms with E-state index in [1.54, 1.807) is 6.07 Å². The fourth-order valence-electron chi connectivity index (χ4n) is 0.913. The van der Waals surface area contributed by atoms with E-state index in [0.717, 1.165) is 6.26 Å². The molecule has 1 aromatic rings. The highest BCUT2D eigenvalue weighted by Gasteiger charge is 2.07. The molecule has 0 saturated carbocycles. The number of nitrogens with zero attached hydrogens (tertiary/aromatic N) is 1. The summed E-state index contributed by atoms with van der Waals surface area (Å²) in [6.07, 6.45) is 0.987. The topological polar surface area (TPSA) is 90.2 Å². The van der Waals surface area contributed by atoms with Crippen molar-refractivity contribution in [3.05, 3.63) is 23.8 Å². The van der Waals surface area contributed by atoms with Crippen molar-refractivity contribution in [2.24, 2.45) is 0 Å². The van der Waals surface area contributed by atoms with Gasteiger partial charge < -0.3 is 5.11 Å². The van der Waals surface area contributed by atoms with E-state index in [4.69, 9.17) is 10.4 Å². The van der Waals surface area contributed by atoms with Gasteiger partial charge in [0.25, 0.3) is 0 Å². The van der Waals surface area contributed by atoms with E-state index in [0.29, 0.717) is 0 Å². The Hall–Kier alpha value is -1.74. The minimum absolute atomic E-state index is 0.0791. The minimum Gasteiger partial charge on any atom is -0.508 e. The van der Waals surface area contributed by atoms with E-state index in [2.05, 4.69) is 4.72 Å². The molecule has 2 N–H and O–H groups in total. The van der Waals surface area contributed by atoms with E-state index >= 15 is 0 Å². The smallest absolute Gasteiger partial charge is 0.229 e.